The van der Waals surface area contributed by atoms with Crippen LogP contribution in [0, 0.1) is 5.92 Å². The number of carbonyl (C=O) groups excluding carboxylic acids is 1. The van der Waals surface area contributed by atoms with E-state index in [1.165, 1.54) is 5.56 Å². The molecule has 2 atom stereocenters. The summed E-state index contributed by atoms with van der Waals surface area (Å²) in [5, 5.41) is 20.0. The molecule has 0 amide bonds. The van der Waals surface area contributed by atoms with Crippen LogP contribution < -0.4 is 0 Å². The van der Waals surface area contributed by atoms with Crippen LogP contribution in [0.1, 0.15) is 40.4 Å². The van der Waals surface area contributed by atoms with Crippen molar-refractivity contribution in [1.29, 1.82) is 0 Å². The average molecular weight is 337 g/mol. The summed E-state index contributed by atoms with van der Waals surface area (Å²) in [5.41, 5.74) is 2.96. The molecular weight excluding hydrogens is 314 g/mol. The number of phenols is 1. The van der Waals surface area contributed by atoms with Gasteiger partial charge in [0.15, 0.2) is 5.78 Å². The largest absolute Gasteiger partial charge is 0.508 e. The van der Waals surface area contributed by atoms with Crippen molar-refractivity contribution in [2.24, 2.45) is 5.92 Å². The third-order valence-electron chi connectivity index (χ3n) is 5.69. The van der Waals surface area contributed by atoms with Gasteiger partial charge in [0.25, 0.3) is 0 Å². The van der Waals surface area contributed by atoms with Crippen molar-refractivity contribution in [3.63, 3.8) is 0 Å². The quantitative estimate of drug-likeness (QED) is 0.846. The summed E-state index contributed by atoms with van der Waals surface area (Å²) >= 11 is 0. The molecule has 2 aliphatic rings. The number of rotatable bonds is 3. The maximum Gasteiger partial charge on any atom is 0.166 e. The van der Waals surface area contributed by atoms with Gasteiger partial charge in [-0.3, -0.25) is 9.69 Å². The summed E-state index contributed by atoms with van der Waals surface area (Å²) in [7, 11) is 0. The van der Waals surface area contributed by atoms with Gasteiger partial charge >= 0.3 is 0 Å². The number of aromatic hydroxyl groups is 1. The highest BCUT2D eigenvalue weighted by atomic mass is 16.3. The Hall–Kier alpha value is -2.17. The van der Waals surface area contributed by atoms with Crippen LogP contribution in [0.3, 0.4) is 0 Å². The molecule has 0 spiro atoms. The van der Waals surface area contributed by atoms with Crippen LogP contribution in [-0.2, 0) is 6.42 Å². The van der Waals surface area contributed by atoms with E-state index >= 15 is 0 Å². The molecule has 2 aromatic carbocycles. The van der Waals surface area contributed by atoms with Crippen LogP contribution in [0.2, 0.25) is 0 Å². The summed E-state index contributed by atoms with van der Waals surface area (Å²) < 4.78 is 0. The molecule has 0 radical (unpaired) electrons. The van der Waals surface area contributed by atoms with Crippen molar-refractivity contribution in [3.8, 4) is 5.75 Å². The lowest BCUT2D eigenvalue weighted by molar-refractivity contribution is 0.0379. The maximum absolute atomic E-state index is 12.6. The van der Waals surface area contributed by atoms with Crippen LogP contribution >= 0.6 is 0 Å². The van der Waals surface area contributed by atoms with Gasteiger partial charge in [-0.05, 0) is 67.7 Å². The first-order valence-electron chi connectivity index (χ1n) is 8.96. The van der Waals surface area contributed by atoms with Gasteiger partial charge in [-0.1, -0.05) is 24.3 Å². The van der Waals surface area contributed by atoms with Gasteiger partial charge in [0.1, 0.15) is 5.75 Å². The normalized spacial score (nSPS) is 24.2. The van der Waals surface area contributed by atoms with Gasteiger partial charge in [0, 0.05) is 17.5 Å². The van der Waals surface area contributed by atoms with Crippen molar-refractivity contribution in [2.75, 3.05) is 13.1 Å². The first kappa shape index (κ1) is 16.3. The molecule has 2 N–H and O–H groups in total. The van der Waals surface area contributed by atoms with Gasteiger partial charge in [-0.2, -0.15) is 0 Å². The van der Waals surface area contributed by atoms with Crippen molar-refractivity contribution in [1.82, 2.24) is 4.90 Å². The zero-order chi connectivity index (χ0) is 17.4. The lowest BCUT2D eigenvalue weighted by Crippen LogP contribution is -2.44. The molecular formula is C21H23NO3. The van der Waals surface area contributed by atoms with E-state index in [1.807, 2.05) is 18.2 Å². The van der Waals surface area contributed by atoms with Gasteiger partial charge in [-0.25, -0.2) is 0 Å². The minimum Gasteiger partial charge on any atom is -0.508 e. The number of phenolic OH excluding ortho intramolecular Hbond substituents is 1. The highest BCUT2D eigenvalue weighted by molar-refractivity contribution is 5.98. The standard InChI is InChI=1S/C21H23NO3/c23-17-7-5-14(6-8-17)20(24)15-9-11-22(12-10-15)19-13-16-3-1-2-4-18(16)21(19)25/h1-8,15,19,21,23,25H,9-13H2. The number of nitrogens with zero attached hydrogens (tertiary/aromatic N) is 1. The minimum atomic E-state index is -0.430. The van der Waals surface area contributed by atoms with Crippen molar-refractivity contribution in [3.05, 3.63) is 65.2 Å². The molecule has 0 saturated carbocycles. The molecule has 4 nitrogen and oxygen atoms in total. The number of hydrogen-bond donors (Lipinski definition) is 2. The molecule has 130 valence electrons. The SMILES string of the molecule is O=C(c1ccc(O)cc1)C1CCN(C2Cc3ccccc3C2O)CC1. The number of carbonyl (C=O) groups is 1. The molecule has 0 bridgehead atoms. The summed E-state index contributed by atoms with van der Waals surface area (Å²) in [6.45, 7) is 1.68. The van der Waals surface area contributed by atoms with Crippen LogP contribution in [0.4, 0.5) is 0 Å². The number of aliphatic hydroxyl groups is 1. The van der Waals surface area contributed by atoms with E-state index in [4.69, 9.17) is 0 Å². The zero-order valence-electron chi connectivity index (χ0n) is 14.1. The Morgan fingerprint density at radius 3 is 2.36 bits per heavy atom. The van der Waals surface area contributed by atoms with E-state index in [0.717, 1.165) is 37.9 Å². The fourth-order valence-electron chi connectivity index (χ4n) is 4.24. The molecule has 1 aliphatic carbocycles. The Kier molecular flexibility index (Phi) is 4.32. The fourth-order valence-corrected chi connectivity index (χ4v) is 4.24. The van der Waals surface area contributed by atoms with E-state index in [9.17, 15) is 15.0 Å². The van der Waals surface area contributed by atoms with E-state index in [-0.39, 0.29) is 23.5 Å². The highest BCUT2D eigenvalue weighted by Crippen LogP contribution is 2.36. The third kappa shape index (κ3) is 3.08. The second-order valence-corrected chi connectivity index (χ2v) is 7.14. The molecule has 4 heteroatoms. The van der Waals surface area contributed by atoms with Crippen molar-refractivity contribution in [2.45, 2.75) is 31.4 Å². The van der Waals surface area contributed by atoms with Gasteiger partial charge < -0.3 is 10.2 Å². The zero-order valence-corrected chi connectivity index (χ0v) is 14.1. The second kappa shape index (κ2) is 6.62. The van der Waals surface area contributed by atoms with Crippen LogP contribution in [0.25, 0.3) is 0 Å². The number of aliphatic hydroxyl groups excluding tert-OH is 1. The smallest absolute Gasteiger partial charge is 0.166 e. The average Bonchev–Trinajstić information content (AvgIpc) is 2.99. The maximum atomic E-state index is 12.6. The van der Waals surface area contributed by atoms with E-state index < -0.39 is 6.10 Å². The molecule has 25 heavy (non-hydrogen) atoms. The minimum absolute atomic E-state index is 0.0294. The van der Waals surface area contributed by atoms with E-state index in [0.29, 0.717) is 5.56 Å². The molecule has 4 rings (SSSR count). The number of benzene rings is 2. The molecule has 1 fully saturated rings. The molecule has 1 aliphatic heterocycles. The summed E-state index contributed by atoms with van der Waals surface area (Å²) in [5.74, 6) is 0.373. The monoisotopic (exact) mass is 337 g/mol. The third-order valence-corrected chi connectivity index (χ3v) is 5.69. The first-order valence-corrected chi connectivity index (χ1v) is 8.96. The van der Waals surface area contributed by atoms with Crippen LogP contribution in [0.15, 0.2) is 48.5 Å². The van der Waals surface area contributed by atoms with Gasteiger partial charge in [0.2, 0.25) is 0 Å². The molecule has 2 aromatic rings. The molecule has 1 heterocycles. The number of piperidine rings is 1. The van der Waals surface area contributed by atoms with Gasteiger partial charge in [0.05, 0.1) is 6.10 Å². The Labute approximate surface area is 147 Å². The number of fused-ring (bicyclic) bond motifs is 1. The van der Waals surface area contributed by atoms with Crippen LogP contribution in [-0.4, -0.2) is 40.0 Å². The molecule has 1 saturated heterocycles. The molecule has 2 unspecified atom stereocenters. The summed E-state index contributed by atoms with van der Waals surface area (Å²) in [6, 6.07) is 14.8. The van der Waals surface area contributed by atoms with Crippen molar-refractivity contribution < 1.29 is 15.0 Å². The Morgan fingerprint density at radius 2 is 1.68 bits per heavy atom. The Balaban J connectivity index is 1.39. The Morgan fingerprint density at radius 1 is 1.00 bits per heavy atom. The predicted octanol–water partition coefficient (Wildman–Crippen LogP) is 2.95. The van der Waals surface area contributed by atoms with E-state index in [1.54, 1.807) is 24.3 Å². The molecule has 0 aromatic heterocycles. The van der Waals surface area contributed by atoms with Crippen LogP contribution in [0.5, 0.6) is 5.75 Å². The fraction of sp³-hybridized carbons (Fsp3) is 0.381. The number of ketones is 1. The lowest BCUT2D eigenvalue weighted by Gasteiger charge is -2.37. The lowest BCUT2D eigenvalue weighted by atomic mass is 9.88. The van der Waals surface area contributed by atoms with Crippen molar-refractivity contribution >= 4 is 5.78 Å². The second-order valence-electron chi connectivity index (χ2n) is 7.14. The summed E-state index contributed by atoms with van der Waals surface area (Å²) in [4.78, 5) is 15.0. The van der Waals surface area contributed by atoms with E-state index in [2.05, 4.69) is 11.0 Å². The Bertz CT molecular complexity index is 763. The van der Waals surface area contributed by atoms with Gasteiger partial charge in [-0.15, -0.1) is 0 Å². The predicted molar refractivity (Wildman–Crippen MR) is 95.6 cm³/mol. The highest BCUT2D eigenvalue weighted by Gasteiger charge is 2.37. The first-order chi connectivity index (χ1) is 12.1. The summed E-state index contributed by atoms with van der Waals surface area (Å²) in [6.07, 6.45) is 2.09. The number of likely N-dealkylation sites (tertiary alicyclic amines) is 1. The topological polar surface area (TPSA) is 60.8 Å². The number of hydrogen-bond acceptors (Lipinski definition) is 4. The number of Topliss-reactive ketones (excluding diaryl/α,β-unsaturated/α-hetero) is 1.